The maximum Gasteiger partial charge on any atom is 0.319 e. The van der Waals surface area contributed by atoms with Crippen molar-refractivity contribution in [1.29, 1.82) is 0 Å². The number of nitrogens with one attached hydrogen (secondary N) is 2. The first kappa shape index (κ1) is 14.6. The van der Waals surface area contributed by atoms with Crippen LogP contribution in [0.5, 0.6) is 0 Å². The van der Waals surface area contributed by atoms with Gasteiger partial charge in [0.15, 0.2) is 0 Å². The van der Waals surface area contributed by atoms with Crippen molar-refractivity contribution in [1.82, 2.24) is 5.32 Å². The zero-order valence-electron chi connectivity index (χ0n) is 11.4. The van der Waals surface area contributed by atoms with Crippen LogP contribution in [0.25, 0.3) is 0 Å². The number of rotatable bonds is 5. The fraction of sp³-hybridized carbons (Fsp3) is 0.125. The SMILES string of the molecule is O=C(O)Cc1cccc(NC(=O)NCc2ccccc2)c1. The van der Waals surface area contributed by atoms with Crippen LogP contribution >= 0.6 is 0 Å². The van der Waals surface area contributed by atoms with Gasteiger partial charge in [-0.25, -0.2) is 4.79 Å². The Hall–Kier alpha value is -2.82. The average molecular weight is 284 g/mol. The van der Waals surface area contributed by atoms with E-state index in [1.807, 2.05) is 30.3 Å². The van der Waals surface area contributed by atoms with Crippen LogP contribution in [-0.2, 0) is 17.8 Å². The number of carboxylic acid groups (broad SMARTS) is 1. The number of carbonyl (C=O) groups is 2. The van der Waals surface area contributed by atoms with Gasteiger partial charge in [0.1, 0.15) is 0 Å². The number of hydrogen-bond acceptors (Lipinski definition) is 2. The van der Waals surface area contributed by atoms with Crippen LogP contribution in [0.3, 0.4) is 0 Å². The molecule has 0 radical (unpaired) electrons. The molecule has 0 aliphatic rings. The average Bonchev–Trinajstić information content (AvgIpc) is 2.46. The number of hydrogen-bond donors (Lipinski definition) is 3. The third-order valence-corrected chi connectivity index (χ3v) is 2.84. The van der Waals surface area contributed by atoms with E-state index in [2.05, 4.69) is 10.6 Å². The van der Waals surface area contributed by atoms with Gasteiger partial charge in [0.25, 0.3) is 0 Å². The number of urea groups is 1. The molecule has 0 spiro atoms. The lowest BCUT2D eigenvalue weighted by molar-refractivity contribution is -0.136. The normalized spacial score (nSPS) is 9.90. The summed E-state index contributed by atoms with van der Waals surface area (Å²) in [6, 6.07) is 16.0. The van der Waals surface area contributed by atoms with Gasteiger partial charge in [-0.15, -0.1) is 0 Å². The first-order valence-electron chi connectivity index (χ1n) is 6.53. The van der Waals surface area contributed by atoms with E-state index in [0.29, 0.717) is 17.8 Å². The number of anilines is 1. The smallest absolute Gasteiger partial charge is 0.319 e. The standard InChI is InChI=1S/C16H16N2O3/c19-15(20)10-13-7-4-8-14(9-13)18-16(21)17-11-12-5-2-1-3-6-12/h1-9H,10-11H2,(H,19,20)(H2,17,18,21). The van der Waals surface area contributed by atoms with Crippen molar-refractivity contribution < 1.29 is 14.7 Å². The predicted octanol–water partition coefficient (Wildman–Crippen LogP) is 2.64. The fourth-order valence-corrected chi connectivity index (χ4v) is 1.89. The van der Waals surface area contributed by atoms with E-state index < -0.39 is 5.97 Å². The maximum atomic E-state index is 11.8. The molecule has 2 rings (SSSR count). The monoisotopic (exact) mass is 284 g/mol. The van der Waals surface area contributed by atoms with Gasteiger partial charge in [0, 0.05) is 12.2 Å². The highest BCUT2D eigenvalue weighted by Gasteiger charge is 2.04. The van der Waals surface area contributed by atoms with Gasteiger partial charge in [-0.3, -0.25) is 4.79 Å². The molecule has 0 unspecified atom stereocenters. The molecule has 0 saturated heterocycles. The zero-order valence-corrected chi connectivity index (χ0v) is 11.4. The molecule has 0 heterocycles. The van der Waals surface area contributed by atoms with Crippen molar-refractivity contribution in [2.45, 2.75) is 13.0 Å². The minimum Gasteiger partial charge on any atom is -0.481 e. The van der Waals surface area contributed by atoms with Crippen molar-refractivity contribution in [2.24, 2.45) is 0 Å². The van der Waals surface area contributed by atoms with E-state index in [-0.39, 0.29) is 12.5 Å². The summed E-state index contributed by atoms with van der Waals surface area (Å²) in [5.41, 5.74) is 2.22. The molecule has 2 aromatic carbocycles. The third-order valence-electron chi connectivity index (χ3n) is 2.84. The second-order valence-electron chi connectivity index (χ2n) is 4.56. The summed E-state index contributed by atoms with van der Waals surface area (Å²) in [7, 11) is 0. The van der Waals surface area contributed by atoms with E-state index in [4.69, 9.17) is 5.11 Å². The molecule has 0 saturated carbocycles. The van der Waals surface area contributed by atoms with E-state index >= 15 is 0 Å². The molecule has 0 atom stereocenters. The summed E-state index contributed by atoms with van der Waals surface area (Å²) in [4.78, 5) is 22.4. The lowest BCUT2D eigenvalue weighted by Gasteiger charge is -2.08. The number of benzene rings is 2. The zero-order chi connectivity index (χ0) is 15.1. The minimum atomic E-state index is -0.902. The van der Waals surface area contributed by atoms with Crippen molar-refractivity contribution in [3.8, 4) is 0 Å². The Balaban J connectivity index is 1.89. The van der Waals surface area contributed by atoms with Gasteiger partial charge in [-0.2, -0.15) is 0 Å². The lowest BCUT2D eigenvalue weighted by Crippen LogP contribution is -2.28. The van der Waals surface area contributed by atoms with E-state index in [0.717, 1.165) is 5.56 Å². The number of aliphatic carboxylic acids is 1. The highest BCUT2D eigenvalue weighted by atomic mass is 16.4. The Morgan fingerprint density at radius 1 is 0.952 bits per heavy atom. The van der Waals surface area contributed by atoms with Crippen molar-refractivity contribution in [3.63, 3.8) is 0 Å². The first-order chi connectivity index (χ1) is 10.1. The van der Waals surface area contributed by atoms with Crippen molar-refractivity contribution in [2.75, 3.05) is 5.32 Å². The quantitative estimate of drug-likeness (QED) is 0.789. The highest BCUT2D eigenvalue weighted by molar-refractivity contribution is 5.89. The predicted molar refractivity (Wildman–Crippen MR) is 80.1 cm³/mol. The minimum absolute atomic E-state index is 0.0683. The molecule has 3 N–H and O–H groups in total. The molecular weight excluding hydrogens is 268 g/mol. The molecule has 108 valence electrons. The Labute approximate surface area is 122 Å². The Kier molecular flexibility index (Phi) is 4.93. The van der Waals surface area contributed by atoms with Crippen LogP contribution in [0.15, 0.2) is 54.6 Å². The molecular formula is C16H16N2O3. The molecule has 0 bridgehead atoms. The van der Waals surface area contributed by atoms with Gasteiger partial charge >= 0.3 is 12.0 Å². The maximum absolute atomic E-state index is 11.8. The molecule has 2 aromatic rings. The summed E-state index contributed by atoms with van der Waals surface area (Å²) in [5.74, 6) is -0.902. The lowest BCUT2D eigenvalue weighted by atomic mass is 10.1. The Bertz CT molecular complexity index is 626. The van der Waals surface area contributed by atoms with Gasteiger partial charge in [0.2, 0.25) is 0 Å². The van der Waals surface area contributed by atoms with E-state index in [1.54, 1.807) is 24.3 Å². The first-order valence-corrected chi connectivity index (χ1v) is 6.53. The van der Waals surface area contributed by atoms with Crippen LogP contribution in [0.2, 0.25) is 0 Å². The van der Waals surface area contributed by atoms with Crippen LogP contribution in [0.4, 0.5) is 10.5 Å². The number of carboxylic acids is 1. The largest absolute Gasteiger partial charge is 0.481 e. The summed E-state index contributed by atoms with van der Waals surface area (Å²) >= 11 is 0. The highest BCUT2D eigenvalue weighted by Crippen LogP contribution is 2.11. The van der Waals surface area contributed by atoms with Crippen LogP contribution in [0, 0.1) is 0 Å². The summed E-state index contributed by atoms with van der Waals surface area (Å²) in [5, 5.41) is 14.2. The second kappa shape index (κ2) is 7.09. The van der Waals surface area contributed by atoms with Crippen LogP contribution in [-0.4, -0.2) is 17.1 Å². The van der Waals surface area contributed by atoms with Gasteiger partial charge in [0.05, 0.1) is 6.42 Å². The van der Waals surface area contributed by atoms with Crippen molar-refractivity contribution >= 4 is 17.7 Å². The van der Waals surface area contributed by atoms with E-state index in [9.17, 15) is 9.59 Å². The number of amides is 2. The summed E-state index contributed by atoms with van der Waals surface area (Å²) in [6.45, 7) is 0.432. The molecule has 0 aromatic heterocycles. The molecule has 2 amide bonds. The molecule has 21 heavy (non-hydrogen) atoms. The molecule has 5 heteroatoms. The molecule has 0 aliphatic carbocycles. The fourth-order valence-electron chi connectivity index (χ4n) is 1.89. The van der Waals surface area contributed by atoms with Gasteiger partial charge in [-0.1, -0.05) is 42.5 Å². The van der Waals surface area contributed by atoms with E-state index in [1.165, 1.54) is 0 Å². The number of carbonyl (C=O) groups excluding carboxylic acids is 1. The van der Waals surface area contributed by atoms with Gasteiger partial charge in [-0.05, 0) is 23.3 Å². The molecule has 0 fully saturated rings. The Morgan fingerprint density at radius 3 is 2.38 bits per heavy atom. The Morgan fingerprint density at radius 2 is 1.67 bits per heavy atom. The van der Waals surface area contributed by atoms with Crippen molar-refractivity contribution in [3.05, 3.63) is 65.7 Å². The molecule has 5 nitrogen and oxygen atoms in total. The van der Waals surface area contributed by atoms with Crippen LogP contribution < -0.4 is 10.6 Å². The molecule has 0 aliphatic heterocycles. The topological polar surface area (TPSA) is 78.4 Å². The third kappa shape index (κ3) is 4.99. The summed E-state index contributed by atoms with van der Waals surface area (Å²) in [6.07, 6.45) is -0.0683. The second-order valence-corrected chi connectivity index (χ2v) is 4.56. The van der Waals surface area contributed by atoms with Crippen LogP contribution in [0.1, 0.15) is 11.1 Å². The van der Waals surface area contributed by atoms with Gasteiger partial charge < -0.3 is 15.7 Å². The summed E-state index contributed by atoms with van der Waals surface area (Å²) < 4.78 is 0.